The number of hydrogen-bond acceptors (Lipinski definition) is 4. The summed E-state index contributed by atoms with van der Waals surface area (Å²) in [5.74, 6) is -0.297. The van der Waals surface area contributed by atoms with Gasteiger partial charge in [0.25, 0.3) is 5.91 Å². The zero-order chi connectivity index (χ0) is 16.2. The van der Waals surface area contributed by atoms with Gasteiger partial charge in [-0.2, -0.15) is 10.5 Å². The van der Waals surface area contributed by atoms with Crippen LogP contribution in [0.1, 0.15) is 24.8 Å². The third-order valence-corrected chi connectivity index (χ3v) is 5.43. The molecule has 1 amide bonds. The number of benzene rings is 1. The molecule has 0 bridgehead atoms. The van der Waals surface area contributed by atoms with Crippen molar-refractivity contribution < 1.29 is 9.53 Å². The van der Waals surface area contributed by atoms with E-state index in [1.54, 1.807) is 11.9 Å². The van der Waals surface area contributed by atoms with Crippen molar-refractivity contribution in [3.8, 4) is 12.1 Å². The van der Waals surface area contributed by atoms with Crippen molar-refractivity contribution in [2.75, 3.05) is 11.9 Å². The van der Waals surface area contributed by atoms with Gasteiger partial charge in [0, 0.05) is 24.4 Å². The Labute approximate surface area is 134 Å². The van der Waals surface area contributed by atoms with E-state index in [0.29, 0.717) is 5.57 Å². The van der Waals surface area contributed by atoms with Crippen molar-refractivity contribution in [1.82, 2.24) is 0 Å². The van der Waals surface area contributed by atoms with E-state index in [4.69, 9.17) is 4.74 Å². The molecule has 114 valence electrons. The number of allylic oxidation sites excluding steroid dienone is 2. The van der Waals surface area contributed by atoms with E-state index in [1.165, 1.54) is 0 Å². The van der Waals surface area contributed by atoms with Gasteiger partial charge in [0.2, 0.25) is 11.4 Å². The van der Waals surface area contributed by atoms with Gasteiger partial charge in [0.15, 0.2) is 0 Å². The summed E-state index contributed by atoms with van der Waals surface area (Å²) in [7, 11) is 1.73. The van der Waals surface area contributed by atoms with Crippen molar-refractivity contribution in [2.24, 2.45) is 11.8 Å². The SMILES string of the molecule is CN1C(=O)C2(OC(C#N)=C(C#N)C3CCCC32)c2ccccc21. The molecule has 1 fully saturated rings. The second-order valence-electron chi connectivity index (χ2n) is 6.33. The number of carbonyl (C=O) groups excluding carboxylic acids is 1. The van der Waals surface area contributed by atoms with Crippen LogP contribution in [-0.4, -0.2) is 13.0 Å². The zero-order valence-electron chi connectivity index (χ0n) is 12.7. The second kappa shape index (κ2) is 4.60. The van der Waals surface area contributed by atoms with Crippen LogP contribution in [0.4, 0.5) is 5.69 Å². The van der Waals surface area contributed by atoms with Gasteiger partial charge in [-0.3, -0.25) is 4.79 Å². The van der Waals surface area contributed by atoms with Crippen LogP contribution in [-0.2, 0) is 15.1 Å². The predicted octanol–water partition coefficient (Wildman–Crippen LogP) is 2.61. The molecule has 1 aromatic rings. The number of anilines is 1. The number of nitriles is 2. The first-order valence-corrected chi connectivity index (χ1v) is 7.76. The van der Waals surface area contributed by atoms with Gasteiger partial charge in [0.05, 0.1) is 17.3 Å². The molecule has 3 aliphatic rings. The van der Waals surface area contributed by atoms with E-state index in [-0.39, 0.29) is 23.5 Å². The smallest absolute Gasteiger partial charge is 0.276 e. The van der Waals surface area contributed by atoms with Crippen molar-refractivity contribution in [2.45, 2.75) is 24.9 Å². The Morgan fingerprint density at radius 2 is 2.04 bits per heavy atom. The average Bonchev–Trinajstić information content (AvgIpc) is 3.15. The molecule has 0 N–H and O–H groups in total. The fourth-order valence-electron chi connectivity index (χ4n) is 4.48. The Balaban J connectivity index is 2.00. The lowest BCUT2D eigenvalue weighted by Gasteiger charge is -2.41. The molecule has 5 nitrogen and oxygen atoms in total. The molecule has 23 heavy (non-hydrogen) atoms. The second-order valence-corrected chi connectivity index (χ2v) is 6.33. The van der Waals surface area contributed by atoms with E-state index in [2.05, 4.69) is 6.07 Å². The minimum absolute atomic E-state index is 0.00843. The van der Waals surface area contributed by atoms with Gasteiger partial charge in [0.1, 0.15) is 6.07 Å². The van der Waals surface area contributed by atoms with Crippen LogP contribution in [0.3, 0.4) is 0 Å². The Morgan fingerprint density at radius 1 is 1.26 bits per heavy atom. The van der Waals surface area contributed by atoms with Crippen molar-refractivity contribution in [3.05, 3.63) is 41.2 Å². The number of ether oxygens (including phenoxy) is 1. The van der Waals surface area contributed by atoms with E-state index in [1.807, 2.05) is 30.3 Å². The summed E-state index contributed by atoms with van der Waals surface area (Å²) < 4.78 is 6.02. The monoisotopic (exact) mass is 305 g/mol. The first-order valence-electron chi connectivity index (χ1n) is 7.76. The molecule has 0 saturated heterocycles. The lowest BCUT2D eigenvalue weighted by atomic mass is 9.71. The Morgan fingerprint density at radius 3 is 2.78 bits per heavy atom. The Bertz CT molecular complexity index is 829. The molecule has 2 heterocycles. The molecule has 3 unspecified atom stereocenters. The number of nitrogens with zero attached hydrogens (tertiary/aromatic N) is 3. The number of hydrogen-bond donors (Lipinski definition) is 0. The van der Waals surface area contributed by atoms with Crippen LogP contribution in [0, 0.1) is 34.5 Å². The van der Waals surface area contributed by atoms with E-state index in [0.717, 1.165) is 30.5 Å². The van der Waals surface area contributed by atoms with Crippen LogP contribution in [0.5, 0.6) is 0 Å². The van der Waals surface area contributed by atoms with Crippen LogP contribution in [0.25, 0.3) is 0 Å². The number of amides is 1. The maximum Gasteiger partial charge on any atom is 0.276 e. The standard InChI is InChI=1S/C18H15N3O2/c1-21-15-8-3-2-6-14(15)18(17(21)22)13-7-4-5-11(13)12(9-19)16(10-20)23-18/h2-3,6,8,11,13H,4-5,7H2,1H3. The van der Waals surface area contributed by atoms with Crippen LogP contribution < -0.4 is 4.90 Å². The lowest BCUT2D eigenvalue weighted by molar-refractivity contribution is -0.149. The lowest BCUT2D eigenvalue weighted by Crippen LogP contribution is -2.50. The fraction of sp³-hybridized carbons (Fsp3) is 0.389. The molecule has 2 aliphatic heterocycles. The van der Waals surface area contributed by atoms with Crippen molar-refractivity contribution >= 4 is 11.6 Å². The molecule has 5 heteroatoms. The highest BCUT2D eigenvalue weighted by Crippen LogP contribution is 2.58. The highest BCUT2D eigenvalue weighted by atomic mass is 16.5. The molecular formula is C18H15N3O2. The maximum atomic E-state index is 13.1. The van der Waals surface area contributed by atoms with Gasteiger partial charge >= 0.3 is 0 Å². The zero-order valence-corrected chi connectivity index (χ0v) is 12.7. The molecule has 1 aromatic carbocycles. The average molecular weight is 305 g/mol. The minimum atomic E-state index is -1.15. The Kier molecular flexibility index (Phi) is 2.77. The maximum absolute atomic E-state index is 13.1. The fourth-order valence-corrected chi connectivity index (χ4v) is 4.48. The molecule has 1 aliphatic carbocycles. The number of rotatable bonds is 0. The van der Waals surface area contributed by atoms with Gasteiger partial charge < -0.3 is 9.64 Å². The summed E-state index contributed by atoms with van der Waals surface area (Å²) in [5.41, 5.74) is 0.883. The molecule has 0 radical (unpaired) electrons. The molecular weight excluding hydrogens is 290 g/mol. The summed E-state index contributed by atoms with van der Waals surface area (Å²) in [6.07, 6.45) is 2.58. The molecule has 3 atom stereocenters. The number of para-hydroxylation sites is 1. The van der Waals surface area contributed by atoms with Crippen LogP contribution in [0.15, 0.2) is 35.6 Å². The van der Waals surface area contributed by atoms with Gasteiger partial charge in [-0.05, 0) is 18.9 Å². The van der Waals surface area contributed by atoms with Gasteiger partial charge in [-0.1, -0.05) is 24.6 Å². The molecule has 1 saturated carbocycles. The highest BCUT2D eigenvalue weighted by molar-refractivity contribution is 6.07. The summed E-state index contributed by atoms with van der Waals surface area (Å²) in [4.78, 5) is 14.7. The first-order chi connectivity index (χ1) is 11.1. The summed E-state index contributed by atoms with van der Waals surface area (Å²) in [5, 5.41) is 18.9. The Hall–Kier alpha value is -2.79. The summed E-state index contributed by atoms with van der Waals surface area (Å²) in [6.45, 7) is 0. The molecule has 0 aromatic heterocycles. The quantitative estimate of drug-likeness (QED) is 0.738. The molecule has 4 rings (SSSR count). The minimum Gasteiger partial charge on any atom is -0.461 e. The van der Waals surface area contributed by atoms with E-state index in [9.17, 15) is 15.3 Å². The topological polar surface area (TPSA) is 77.1 Å². The third-order valence-electron chi connectivity index (χ3n) is 5.43. The van der Waals surface area contributed by atoms with Crippen LogP contribution >= 0.6 is 0 Å². The number of likely N-dealkylation sites (N-methyl/N-ethyl adjacent to an activating group) is 1. The number of fused-ring (bicyclic) bond motifs is 4. The normalized spacial score (nSPS) is 31.4. The van der Waals surface area contributed by atoms with Crippen molar-refractivity contribution in [1.29, 1.82) is 10.5 Å². The summed E-state index contributed by atoms with van der Waals surface area (Å²) >= 11 is 0. The largest absolute Gasteiger partial charge is 0.461 e. The van der Waals surface area contributed by atoms with E-state index >= 15 is 0 Å². The van der Waals surface area contributed by atoms with E-state index < -0.39 is 5.60 Å². The first kappa shape index (κ1) is 13.8. The number of carbonyl (C=O) groups is 1. The third kappa shape index (κ3) is 1.52. The van der Waals surface area contributed by atoms with Crippen LogP contribution in [0.2, 0.25) is 0 Å². The predicted molar refractivity (Wildman–Crippen MR) is 81.7 cm³/mol. The van der Waals surface area contributed by atoms with Gasteiger partial charge in [-0.25, -0.2) is 0 Å². The van der Waals surface area contributed by atoms with Crippen molar-refractivity contribution in [3.63, 3.8) is 0 Å². The van der Waals surface area contributed by atoms with Gasteiger partial charge in [-0.15, -0.1) is 0 Å². The highest BCUT2D eigenvalue weighted by Gasteiger charge is 2.63. The molecule has 1 spiro atoms. The summed E-state index contributed by atoms with van der Waals surface area (Å²) in [6, 6.07) is 11.7.